The van der Waals surface area contributed by atoms with Crippen LogP contribution in [0.4, 0.5) is 17.3 Å². The maximum absolute atomic E-state index is 12.3. The Hall–Kier alpha value is -2.32. The van der Waals surface area contributed by atoms with Crippen LogP contribution in [0, 0.1) is 0 Å². The van der Waals surface area contributed by atoms with E-state index < -0.39 is 0 Å². The van der Waals surface area contributed by atoms with Gasteiger partial charge in [0.05, 0.1) is 19.0 Å². The number of carbonyl (C=O) groups is 1. The summed E-state index contributed by atoms with van der Waals surface area (Å²) in [6.07, 6.45) is 0. The summed E-state index contributed by atoms with van der Waals surface area (Å²) in [6, 6.07) is 9.22. The lowest BCUT2D eigenvalue weighted by atomic mass is 10.2. The fraction of sp³-hybridized carbons (Fsp3) is 0.353. The average Bonchev–Trinajstić information content (AvgIpc) is 2.68. The van der Waals surface area contributed by atoms with Gasteiger partial charge in [-0.25, -0.2) is 9.97 Å². The normalized spacial score (nSPS) is 14.4. The number of benzene rings is 1. The van der Waals surface area contributed by atoms with Crippen LogP contribution in [0.25, 0.3) is 0 Å². The SMILES string of the molecule is CNc1nc(SCC(=O)c2ccccc2)nc(N2CCOCC2)c1N. The van der Waals surface area contributed by atoms with Gasteiger partial charge in [0.25, 0.3) is 0 Å². The summed E-state index contributed by atoms with van der Waals surface area (Å²) in [5.74, 6) is 1.59. The lowest BCUT2D eigenvalue weighted by molar-refractivity contribution is 0.102. The predicted molar refractivity (Wildman–Crippen MR) is 101 cm³/mol. The van der Waals surface area contributed by atoms with Crippen LogP contribution in [0.3, 0.4) is 0 Å². The van der Waals surface area contributed by atoms with Crippen molar-refractivity contribution >= 4 is 34.9 Å². The highest BCUT2D eigenvalue weighted by Gasteiger charge is 2.20. The van der Waals surface area contributed by atoms with Crippen molar-refractivity contribution in [1.82, 2.24) is 9.97 Å². The molecule has 132 valence electrons. The van der Waals surface area contributed by atoms with E-state index in [4.69, 9.17) is 10.5 Å². The molecule has 2 heterocycles. The number of anilines is 3. The van der Waals surface area contributed by atoms with E-state index in [0.29, 0.717) is 41.3 Å². The molecule has 1 aliphatic heterocycles. The zero-order valence-corrected chi connectivity index (χ0v) is 14.9. The molecule has 0 atom stereocenters. The fourth-order valence-electron chi connectivity index (χ4n) is 2.55. The van der Waals surface area contributed by atoms with E-state index in [2.05, 4.69) is 20.2 Å². The molecule has 7 nitrogen and oxygen atoms in total. The average molecular weight is 359 g/mol. The smallest absolute Gasteiger partial charge is 0.192 e. The Morgan fingerprint density at radius 3 is 2.68 bits per heavy atom. The third-order valence-electron chi connectivity index (χ3n) is 3.88. The molecule has 3 N–H and O–H groups in total. The lowest BCUT2D eigenvalue weighted by Gasteiger charge is -2.29. The van der Waals surface area contributed by atoms with Crippen LogP contribution in [0.2, 0.25) is 0 Å². The Kier molecular flexibility index (Phi) is 5.72. The number of nitrogens with one attached hydrogen (secondary N) is 1. The van der Waals surface area contributed by atoms with Gasteiger partial charge in [-0.2, -0.15) is 0 Å². The molecule has 1 fully saturated rings. The topological polar surface area (TPSA) is 93.4 Å². The zero-order chi connectivity index (χ0) is 17.6. The van der Waals surface area contributed by atoms with E-state index in [-0.39, 0.29) is 11.5 Å². The van der Waals surface area contributed by atoms with Gasteiger partial charge >= 0.3 is 0 Å². The molecule has 0 saturated carbocycles. The number of ketones is 1. The molecule has 25 heavy (non-hydrogen) atoms. The molecule has 1 aromatic carbocycles. The Bertz CT molecular complexity index is 735. The predicted octanol–water partition coefficient (Wildman–Crippen LogP) is 1.91. The standard InChI is InChI=1S/C17H21N5O2S/c1-19-15-14(18)16(22-7-9-24-10-8-22)21-17(20-15)25-11-13(23)12-5-3-2-4-6-12/h2-6H,7-11,18H2,1H3,(H,19,20,21). The van der Waals surface area contributed by atoms with Crippen molar-refractivity contribution in [2.45, 2.75) is 5.16 Å². The van der Waals surface area contributed by atoms with Crippen LogP contribution in [-0.2, 0) is 4.74 Å². The number of thioether (sulfide) groups is 1. The molecule has 0 unspecified atom stereocenters. The minimum atomic E-state index is 0.0463. The number of aromatic nitrogens is 2. The first-order valence-corrected chi connectivity index (χ1v) is 9.06. The minimum absolute atomic E-state index is 0.0463. The second kappa shape index (κ2) is 8.17. The first-order valence-electron chi connectivity index (χ1n) is 8.08. The van der Waals surface area contributed by atoms with Gasteiger partial charge in [0.1, 0.15) is 5.69 Å². The summed E-state index contributed by atoms with van der Waals surface area (Å²) in [5, 5.41) is 3.53. The largest absolute Gasteiger partial charge is 0.393 e. The van der Waals surface area contributed by atoms with E-state index in [0.717, 1.165) is 13.1 Å². The highest BCUT2D eigenvalue weighted by molar-refractivity contribution is 7.99. The summed E-state index contributed by atoms with van der Waals surface area (Å²) in [4.78, 5) is 23.4. The van der Waals surface area contributed by atoms with Gasteiger partial charge < -0.3 is 20.7 Å². The molecule has 3 rings (SSSR count). The molecule has 1 aromatic heterocycles. The molecule has 0 aliphatic carbocycles. The van der Waals surface area contributed by atoms with Crippen molar-refractivity contribution in [2.24, 2.45) is 0 Å². The van der Waals surface area contributed by atoms with Crippen molar-refractivity contribution in [1.29, 1.82) is 0 Å². The minimum Gasteiger partial charge on any atom is -0.393 e. The van der Waals surface area contributed by atoms with Crippen LogP contribution >= 0.6 is 11.8 Å². The second-order valence-electron chi connectivity index (χ2n) is 5.52. The summed E-state index contributed by atoms with van der Waals surface area (Å²) in [7, 11) is 1.77. The highest BCUT2D eigenvalue weighted by Crippen LogP contribution is 2.30. The molecule has 0 radical (unpaired) electrons. The third kappa shape index (κ3) is 4.21. The molecular weight excluding hydrogens is 338 g/mol. The van der Waals surface area contributed by atoms with E-state index in [1.54, 1.807) is 7.05 Å². The Labute approximate surface area is 151 Å². The van der Waals surface area contributed by atoms with Crippen LogP contribution in [0.5, 0.6) is 0 Å². The molecule has 0 amide bonds. The molecular formula is C17H21N5O2S. The third-order valence-corrected chi connectivity index (χ3v) is 4.73. The van der Waals surface area contributed by atoms with Crippen molar-refractivity contribution in [2.75, 3.05) is 55.1 Å². The number of nitrogens with zero attached hydrogens (tertiary/aromatic N) is 3. The maximum Gasteiger partial charge on any atom is 0.192 e. The maximum atomic E-state index is 12.3. The highest BCUT2D eigenvalue weighted by atomic mass is 32.2. The van der Waals surface area contributed by atoms with Crippen molar-refractivity contribution in [3.05, 3.63) is 35.9 Å². The number of hydrogen-bond donors (Lipinski definition) is 2. The first kappa shape index (κ1) is 17.5. The van der Waals surface area contributed by atoms with E-state index >= 15 is 0 Å². The number of carbonyl (C=O) groups excluding carboxylic acids is 1. The van der Waals surface area contributed by atoms with Crippen molar-refractivity contribution in [3.8, 4) is 0 Å². The van der Waals surface area contributed by atoms with Gasteiger partial charge in [-0.3, -0.25) is 4.79 Å². The summed E-state index contributed by atoms with van der Waals surface area (Å²) >= 11 is 1.31. The Morgan fingerprint density at radius 2 is 2.00 bits per heavy atom. The van der Waals surface area contributed by atoms with Gasteiger partial charge in [-0.05, 0) is 0 Å². The molecule has 8 heteroatoms. The Morgan fingerprint density at radius 1 is 1.28 bits per heavy atom. The number of morpholine rings is 1. The van der Waals surface area contributed by atoms with E-state index in [1.165, 1.54) is 11.8 Å². The Balaban J connectivity index is 1.77. The van der Waals surface area contributed by atoms with Crippen LogP contribution in [0.1, 0.15) is 10.4 Å². The molecule has 1 saturated heterocycles. The number of ether oxygens (including phenoxy) is 1. The summed E-state index contributed by atoms with van der Waals surface area (Å²) in [6.45, 7) is 2.76. The van der Waals surface area contributed by atoms with Crippen molar-refractivity contribution < 1.29 is 9.53 Å². The number of Topliss-reactive ketones (excluding diaryl/α,β-unsaturated/α-hetero) is 1. The van der Waals surface area contributed by atoms with E-state index in [1.807, 2.05) is 30.3 Å². The molecule has 0 bridgehead atoms. The van der Waals surface area contributed by atoms with Gasteiger partial charge in [0.2, 0.25) is 0 Å². The number of nitrogen functional groups attached to an aromatic ring is 1. The van der Waals surface area contributed by atoms with Crippen LogP contribution in [-0.4, -0.2) is 54.9 Å². The van der Waals surface area contributed by atoms with Crippen molar-refractivity contribution in [3.63, 3.8) is 0 Å². The van der Waals surface area contributed by atoms with Gasteiger partial charge in [0, 0.05) is 25.7 Å². The van der Waals surface area contributed by atoms with Gasteiger partial charge in [0.15, 0.2) is 22.6 Å². The fourth-order valence-corrected chi connectivity index (χ4v) is 3.28. The number of rotatable bonds is 6. The van der Waals surface area contributed by atoms with Crippen LogP contribution < -0.4 is 16.0 Å². The molecule has 2 aromatic rings. The zero-order valence-electron chi connectivity index (χ0n) is 14.1. The summed E-state index contributed by atoms with van der Waals surface area (Å²) in [5.41, 5.74) is 7.40. The molecule has 1 aliphatic rings. The molecule has 0 spiro atoms. The lowest BCUT2D eigenvalue weighted by Crippen LogP contribution is -2.37. The van der Waals surface area contributed by atoms with Crippen LogP contribution in [0.15, 0.2) is 35.5 Å². The van der Waals surface area contributed by atoms with Gasteiger partial charge in [-0.15, -0.1) is 0 Å². The van der Waals surface area contributed by atoms with E-state index in [9.17, 15) is 4.79 Å². The quantitative estimate of drug-likeness (QED) is 0.459. The first-order chi connectivity index (χ1) is 12.2. The second-order valence-corrected chi connectivity index (χ2v) is 6.46. The number of nitrogens with two attached hydrogens (primary N) is 1. The number of hydrogen-bond acceptors (Lipinski definition) is 8. The van der Waals surface area contributed by atoms with Gasteiger partial charge in [-0.1, -0.05) is 42.1 Å². The summed E-state index contributed by atoms with van der Waals surface area (Å²) < 4.78 is 5.38. The monoisotopic (exact) mass is 359 g/mol.